The second kappa shape index (κ2) is 9.72. The Balaban J connectivity index is 0.000000806. The van der Waals surface area contributed by atoms with E-state index < -0.39 is 5.41 Å². The SMILES string of the molecule is N#Cc1ccc(C(=O)N2CCC3(CC2)CC(CN2CCCC2)OC3=O)cc1.O=CO. The molecular formula is C22H27N3O5. The molecule has 1 atom stereocenters. The van der Waals surface area contributed by atoms with E-state index >= 15 is 0 Å². The van der Waals surface area contributed by atoms with Gasteiger partial charge in [0.05, 0.1) is 17.0 Å². The van der Waals surface area contributed by atoms with Crippen LogP contribution in [0.4, 0.5) is 0 Å². The topological polar surface area (TPSA) is 111 Å². The molecule has 160 valence electrons. The normalized spacial score (nSPS) is 22.7. The van der Waals surface area contributed by atoms with E-state index in [2.05, 4.69) is 11.0 Å². The molecule has 0 radical (unpaired) electrons. The van der Waals surface area contributed by atoms with Gasteiger partial charge in [0.1, 0.15) is 6.10 Å². The molecule has 1 aromatic carbocycles. The van der Waals surface area contributed by atoms with Crippen LogP contribution in [-0.2, 0) is 14.3 Å². The van der Waals surface area contributed by atoms with Gasteiger partial charge in [0.15, 0.2) is 0 Å². The number of carbonyl (C=O) groups excluding carboxylic acids is 2. The first-order chi connectivity index (χ1) is 14.5. The first kappa shape index (κ1) is 21.8. The minimum atomic E-state index is -0.411. The van der Waals surface area contributed by atoms with Crippen LogP contribution in [0, 0.1) is 16.7 Å². The van der Waals surface area contributed by atoms with Crippen LogP contribution in [-0.4, -0.2) is 72.1 Å². The number of cyclic esters (lactones) is 1. The lowest BCUT2D eigenvalue weighted by Gasteiger charge is -2.36. The zero-order valence-corrected chi connectivity index (χ0v) is 17.0. The standard InChI is InChI=1S/C21H25N3O3.CH2O2/c22-14-16-3-5-17(6-4-16)19(25)24-11-7-21(8-12-24)13-18(27-20(21)26)15-23-9-1-2-10-23;2-1-3/h3-6,18H,1-2,7-13,15H2;1H,(H,2,3). The van der Waals surface area contributed by atoms with Crippen LogP contribution in [0.1, 0.15) is 48.0 Å². The summed E-state index contributed by atoms with van der Waals surface area (Å²) in [6.45, 7) is 3.96. The Morgan fingerprint density at radius 3 is 2.37 bits per heavy atom. The average Bonchev–Trinajstić information content (AvgIpc) is 3.37. The van der Waals surface area contributed by atoms with E-state index in [9.17, 15) is 9.59 Å². The molecule has 3 aliphatic heterocycles. The molecule has 0 aromatic heterocycles. The van der Waals surface area contributed by atoms with Crippen molar-refractivity contribution in [1.29, 1.82) is 5.26 Å². The average molecular weight is 413 g/mol. The summed E-state index contributed by atoms with van der Waals surface area (Å²) in [5.74, 6) is -0.105. The zero-order valence-electron chi connectivity index (χ0n) is 17.0. The Labute approximate surface area is 176 Å². The Morgan fingerprint density at radius 1 is 1.20 bits per heavy atom. The second-order valence-corrected chi connectivity index (χ2v) is 8.11. The number of carboxylic acid groups (broad SMARTS) is 1. The smallest absolute Gasteiger partial charge is 0.312 e. The molecule has 1 aromatic rings. The molecule has 3 heterocycles. The van der Waals surface area contributed by atoms with Crippen LogP contribution in [0.5, 0.6) is 0 Å². The minimum absolute atomic E-state index is 0.00335. The van der Waals surface area contributed by atoms with Crippen LogP contribution >= 0.6 is 0 Å². The predicted molar refractivity (Wildman–Crippen MR) is 108 cm³/mol. The summed E-state index contributed by atoms with van der Waals surface area (Å²) in [7, 11) is 0. The molecule has 3 fully saturated rings. The van der Waals surface area contributed by atoms with Gasteiger partial charge in [-0.1, -0.05) is 0 Å². The number of nitrogens with zero attached hydrogens (tertiary/aromatic N) is 3. The molecule has 0 saturated carbocycles. The third-order valence-corrected chi connectivity index (χ3v) is 6.25. The highest BCUT2D eigenvalue weighted by Gasteiger charge is 2.51. The van der Waals surface area contributed by atoms with Crippen LogP contribution in [0.3, 0.4) is 0 Å². The summed E-state index contributed by atoms with van der Waals surface area (Å²) in [5.41, 5.74) is 0.721. The van der Waals surface area contributed by atoms with E-state index in [4.69, 9.17) is 19.9 Å². The van der Waals surface area contributed by atoms with Crippen molar-refractivity contribution in [2.24, 2.45) is 5.41 Å². The van der Waals surface area contributed by atoms with E-state index in [1.54, 1.807) is 24.3 Å². The Hall–Kier alpha value is -2.92. The molecular weight excluding hydrogens is 386 g/mol. The number of hydrogen-bond acceptors (Lipinski definition) is 6. The second-order valence-electron chi connectivity index (χ2n) is 8.11. The van der Waals surface area contributed by atoms with Crippen LogP contribution in [0.2, 0.25) is 0 Å². The molecule has 1 unspecified atom stereocenters. The lowest BCUT2D eigenvalue weighted by atomic mass is 9.76. The summed E-state index contributed by atoms with van der Waals surface area (Å²) < 4.78 is 5.71. The van der Waals surface area contributed by atoms with E-state index in [-0.39, 0.29) is 24.5 Å². The molecule has 30 heavy (non-hydrogen) atoms. The van der Waals surface area contributed by atoms with E-state index in [1.165, 1.54) is 12.8 Å². The first-order valence-electron chi connectivity index (χ1n) is 10.3. The Kier molecular flexibility index (Phi) is 7.06. The highest BCUT2D eigenvalue weighted by molar-refractivity contribution is 5.94. The first-order valence-corrected chi connectivity index (χ1v) is 10.3. The van der Waals surface area contributed by atoms with Crippen molar-refractivity contribution < 1.29 is 24.2 Å². The number of hydrogen-bond donors (Lipinski definition) is 1. The maximum absolute atomic E-state index is 12.7. The van der Waals surface area contributed by atoms with Crippen molar-refractivity contribution in [1.82, 2.24) is 9.80 Å². The van der Waals surface area contributed by atoms with E-state index in [1.807, 2.05) is 4.90 Å². The molecule has 0 bridgehead atoms. The Bertz CT molecular complexity index is 803. The van der Waals surface area contributed by atoms with Crippen molar-refractivity contribution in [2.75, 3.05) is 32.7 Å². The molecule has 8 nitrogen and oxygen atoms in total. The highest BCUT2D eigenvalue weighted by atomic mass is 16.6. The van der Waals surface area contributed by atoms with Crippen molar-refractivity contribution in [3.05, 3.63) is 35.4 Å². The zero-order chi connectivity index (χ0) is 21.6. The van der Waals surface area contributed by atoms with Gasteiger partial charge in [0, 0.05) is 31.6 Å². The van der Waals surface area contributed by atoms with Gasteiger partial charge >= 0.3 is 5.97 Å². The molecule has 3 aliphatic rings. The number of benzene rings is 1. The maximum atomic E-state index is 12.7. The van der Waals surface area contributed by atoms with E-state index in [0.717, 1.165) is 26.1 Å². The minimum Gasteiger partial charge on any atom is -0.483 e. The van der Waals surface area contributed by atoms with Crippen molar-refractivity contribution >= 4 is 18.3 Å². The third kappa shape index (κ3) is 4.79. The van der Waals surface area contributed by atoms with Crippen LogP contribution in [0.25, 0.3) is 0 Å². The van der Waals surface area contributed by atoms with Gasteiger partial charge in [0.2, 0.25) is 0 Å². The maximum Gasteiger partial charge on any atom is 0.312 e. The van der Waals surface area contributed by atoms with E-state index in [0.29, 0.717) is 37.1 Å². The largest absolute Gasteiger partial charge is 0.483 e. The molecule has 0 aliphatic carbocycles. The quantitative estimate of drug-likeness (QED) is 0.595. The number of likely N-dealkylation sites (tertiary alicyclic amines) is 2. The summed E-state index contributed by atoms with van der Waals surface area (Å²) in [6.07, 6.45) is 4.59. The summed E-state index contributed by atoms with van der Waals surface area (Å²) in [6, 6.07) is 8.78. The number of carbonyl (C=O) groups is 3. The van der Waals surface area contributed by atoms with Gasteiger partial charge in [-0.15, -0.1) is 0 Å². The molecule has 1 spiro atoms. The van der Waals surface area contributed by atoms with Gasteiger partial charge in [-0.2, -0.15) is 5.26 Å². The summed E-state index contributed by atoms with van der Waals surface area (Å²) in [4.78, 5) is 37.8. The third-order valence-electron chi connectivity index (χ3n) is 6.25. The van der Waals surface area contributed by atoms with Gasteiger partial charge in [0.25, 0.3) is 12.4 Å². The van der Waals surface area contributed by atoms with Gasteiger partial charge in [-0.25, -0.2) is 0 Å². The van der Waals surface area contributed by atoms with Crippen molar-refractivity contribution in [2.45, 2.75) is 38.2 Å². The summed E-state index contributed by atoms with van der Waals surface area (Å²) >= 11 is 0. The van der Waals surface area contributed by atoms with Gasteiger partial charge < -0.3 is 14.7 Å². The number of ether oxygens (including phenoxy) is 1. The molecule has 4 rings (SSSR count). The predicted octanol–water partition coefficient (Wildman–Crippen LogP) is 1.89. The fourth-order valence-corrected chi connectivity index (χ4v) is 4.61. The van der Waals surface area contributed by atoms with Crippen molar-refractivity contribution in [3.8, 4) is 6.07 Å². The van der Waals surface area contributed by atoms with Crippen LogP contribution in [0.15, 0.2) is 24.3 Å². The summed E-state index contributed by atoms with van der Waals surface area (Å²) in [5, 5.41) is 15.8. The lowest BCUT2D eigenvalue weighted by molar-refractivity contribution is -0.151. The van der Waals surface area contributed by atoms with Gasteiger partial charge in [-0.3, -0.25) is 19.3 Å². The monoisotopic (exact) mass is 413 g/mol. The highest BCUT2D eigenvalue weighted by Crippen LogP contribution is 2.43. The van der Waals surface area contributed by atoms with Gasteiger partial charge in [-0.05, 0) is 63.0 Å². The molecule has 8 heteroatoms. The number of nitriles is 1. The van der Waals surface area contributed by atoms with Crippen LogP contribution < -0.4 is 0 Å². The lowest BCUT2D eigenvalue weighted by Crippen LogP contribution is -2.45. The Morgan fingerprint density at radius 2 is 1.80 bits per heavy atom. The number of amides is 1. The number of rotatable bonds is 3. The number of piperidine rings is 1. The van der Waals surface area contributed by atoms with Crippen molar-refractivity contribution in [3.63, 3.8) is 0 Å². The molecule has 3 saturated heterocycles. The fraction of sp³-hybridized carbons (Fsp3) is 0.545. The molecule has 1 amide bonds. The number of esters is 1. The molecule has 1 N–H and O–H groups in total. The fourth-order valence-electron chi connectivity index (χ4n) is 4.61.